The molecule has 0 spiro atoms. The number of carbonyl (C=O) groups excluding carboxylic acids is 1. The van der Waals surface area contributed by atoms with Crippen LogP contribution in [-0.4, -0.2) is 35.5 Å². The summed E-state index contributed by atoms with van der Waals surface area (Å²) in [6.45, 7) is 0.118. The van der Waals surface area contributed by atoms with Crippen molar-refractivity contribution in [2.45, 2.75) is 11.4 Å². The molecule has 9 heteroatoms. The molecule has 0 aliphatic heterocycles. The summed E-state index contributed by atoms with van der Waals surface area (Å²) >= 11 is 0. The first kappa shape index (κ1) is 20.4. The Balaban J connectivity index is 1.83. The number of nitrogens with two attached hydrogens (primary N) is 1. The van der Waals surface area contributed by atoms with Gasteiger partial charge >= 0.3 is 0 Å². The van der Waals surface area contributed by atoms with Gasteiger partial charge in [-0.1, -0.05) is 24.3 Å². The number of aromatic nitrogens is 3. The van der Waals surface area contributed by atoms with Gasteiger partial charge in [-0.3, -0.25) is 4.79 Å². The largest absolute Gasteiger partial charge is 0.384 e. The molecule has 2 N–H and O–H groups in total. The second kappa shape index (κ2) is 8.11. The van der Waals surface area contributed by atoms with Gasteiger partial charge in [0.15, 0.2) is 9.84 Å². The number of pyridine rings is 1. The molecule has 0 radical (unpaired) electrons. The fourth-order valence-electron chi connectivity index (χ4n) is 3.28. The molecule has 2 aromatic carbocycles. The maximum absolute atomic E-state index is 13.4. The molecule has 4 aromatic rings. The van der Waals surface area contributed by atoms with Crippen LogP contribution in [0, 0.1) is 0 Å². The lowest BCUT2D eigenvalue weighted by atomic mass is 10.1. The van der Waals surface area contributed by atoms with Gasteiger partial charge in [0.1, 0.15) is 12.1 Å². The van der Waals surface area contributed by atoms with Crippen LogP contribution in [0.4, 0.5) is 11.5 Å². The van der Waals surface area contributed by atoms with Gasteiger partial charge in [-0.25, -0.2) is 23.4 Å². The highest BCUT2D eigenvalue weighted by Gasteiger charge is 2.24. The van der Waals surface area contributed by atoms with Crippen molar-refractivity contribution in [3.05, 3.63) is 84.4 Å². The Hall–Kier alpha value is -3.85. The van der Waals surface area contributed by atoms with E-state index in [1.54, 1.807) is 24.3 Å². The summed E-state index contributed by atoms with van der Waals surface area (Å²) in [6, 6.07) is 15.6. The number of benzene rings is 2. The molecule has 0 atom stereocenters. The summed E-state index contributed by atoms with van der Waals surface area (Å²) in [4.78, 5) is 27.0. The first-order chi connectivity index (χ1) is 14.8. The third kappa shape index (κ3) is 4.36. The lowest BCUT2D eigenvalue weighted by Gasteiger charge is -2.25. The van der Waals surface area contributed by atoms with Crippen LogP contribution in [0.1, 0.15) is 15.9 Å². The van der Waals surface area contributed by atoms with Crippen LogP contribution >= 0.6 is 0 Å². The Bertz CT molecular complexity index is 1370. The molecular formula is C22H19N5O3S. The van der Waals surface area contributed by atoms with E-state index in [2.05, 4.69) is 15.0 Å². The number of hydrogen-bond donors (Lipinski definition) is 1. The number of para-hydroxylation sites is 1. The smallest absolute Gasteiger partial charge is 0.261 e. The van der Waals surface area contributed by atoms with Crippen molar-refractivity contribution in [2.24, 2.45) is 0 Å². The van der Waals surface area contributed by atoms with Crippen molar-refractivity contribution >= 4 is 38.2 Å². The molecule has 8 nitrogen and oxygen atoms in total. The zero-order valence-electron chi connectivity index (χ0n) is 16.6. The fraction of sp³-hybridized carbons (Fsp3) is 0.0909. The predicted octanol–water partition coefficient (Wildman–Crippen LogP) is 2.86. The van der Waals surface area contributed by atoms with Gasteiger partial charge in [0.05, 0.1) is 28.2 Å². The van der Waals surface area contributed by atoms with E-state index in [1.165, 1.54) is 29.7 Å². The van der Waals surface area contributed by atoms with Crippen molar-refractivity contribution in [2.75, 3.05) is 16.9 Å². The van der Waals surface area contributed by atoms with E-state index in [0.717, 1.165) is 17.2 Å². The van der Waals surface area contributed by atoms with E-state index in [1.807, 2.05) is 24.3 Å². The number of hydrogen-bond acceptors (Lipinski definition) is 7. The van der Waals surface area contributed by atoms with Gasteiger partial charge in [-0.15, -0.1) is 0 Å². The summed E-state index contributed by atoms with van der Waals surface area (Å²) in [6.07, 6.45) is 5.23. The maximum atomic E-state index is 13.4. The number of nitrogens with zero attached hydrogens (tertiary/aromatic N) is 4. The van der Waals surface area contributed by atoms with E-state index >= 15 is 0 Å². The van der Waals surface area contributed by atoms with Gasteiger partial charge in [-0.05, 0) is 35.9 Å². The van der Waals surface area contributed by atoms with Crippen LogP contribution in [0.3, 0.4) is 0 Å². The van der Waals surface area contributed by atoms with Crippen LogP contribution in [0.15, 0.2) is 78.2 Å². The van der Waals surface area contributed by atoms with Gasteiger partial charge < -0.3 is 10.6 Å². The molecule has 0 saturated carbocycles. The van der Waals surface area contributed by atoms with Crippen LogP contribution in [-0.2, 0) is 16.4 Å². The van der Waals surface area contributed by atoms with Crippen molar-refractivity contribution < 1.29 is 13.2 Å². The minimum absolute atomic E-state index is 0.0587. The Morgan fingerprint density at radius 1 is 1.03 bits per heavy atom. The van der Waals surface area contributed by atoms with E-state index < -0.39 is 15.7 Å². The summed E-state index contributed by atoms with van der Waals surface area (Å²) in [5.74, 6) is -0.0289. The van der Waals surface area contributed by atoms with Gasteiger partial charge in [-0.2, -0.15) is 0 Å². The lowest BCUT2D eigenvalue weighted by Crippen LogP contribution is -2.31. The molecule has 0 aliphatic rings. The highest BCUT2D eigenvalue weighted by atomic mass is 32.2. The molecule has 156 valence electrons. The summed E-state index contributed by atoms with van der Waals surface area (Å²) in [7, 11) is -3.58. The van der Waals surface area contributed by atoms with Crippen molar-refractivity contribution in [1.29, 1.82) is 0 Å². The van der Waals surface area contributed by atoms with Crippen molar-refractivity contribution in [3.8, 4) is 0 Å². The molecule has 0 bridgehead atoms. The second-order valence-electron chi connectivity index (χ2n) is 7.02. The maximum Gasteiger partial charge on any atom is 0.261 e. The highest BCUT2D eigenvalue weighted by molar-refractivity contribution is 7.90. The number of nitrogen functional groups attached to an aromatic ring is 1. The lowest BCUT2D eigenvalue weighted by molar-refractivity contribution is 0.0984. The SMILES string of the molecule is CS(=O)(=O)c1ccccc1N(Cc1ccc2ccc(N)nc2c1)C(=O)c1cncnc1. The molecule has 2 heterocycles. The Kier molecular flexibility index (Phi) is 5.35. The van der Waals surface area contributed by atoms with Crippen LogP contribution in [0.5, 0.6) is 0 Å². The molecule has 0 fully saturated rings. The summed E-state index contributed by atoms with van der Waals surface area (Å²) < 4.78 is 24.8. The minimum atomic E-state index is -3.58. The average Bonchev–Trinajstić information content (AvgIpc) is 2.77. The van der Waals surface area contributed by atoms with E-state index in [4.69, 9.17) is 5.73 Å². The van der Waals surface area contributed by atoms with E-state index in [0.29, 0.717) is 11.3 Å². The Morgan fingerprint density at radius 2 is 1.74 bits per heavy atom. The topological polar surface area (TPSA) is 119 Å². The van der Waals surface area contributed by atoms with Crippen molar-refractivity contribution in [3.63, 3.8) is 0 Å². The summed E-state index contributed by atoms with van der Waals surface area (Å²) in [5, 5.41) is 0.906. The van der Waals surface area contributed by atoms with Crippen LogP contribution in [0.2, 0.25) is 0 Å². The number of rotatable bonds is 5. The third-order valence-electron chi connectivity index (χ3n) is 4.73. The number of anilines is 2. The molecule has 0 unspecified atom stereocenters. The molecule has 1 amide bonds. The average molecular weight is 433 g/mol. The van der Waals surface area contributed by atoms with E-state index in [9.17, 15) is 13.2 Å². The van der Waals surface area contributed by atoms with Gasteiger partial charge in [0.25, 0.3) is 5.91 Å². The zero-order valence-corrected chi connectivity index (χ0v) is 17.5. The predicted molar refractivity (Wildman–Crippen MR) is 118 cm³/mol. The molecular weight excluding hydrogens is 414 g/mol. The molecule has 0 saturated heterocycles. The minimum Gasteiger partial charge on any atom is -0.384 e. The van der Waals surface area contributed by atoms with E-state index in [-0.39, 0.29) is 22.7 Å². The third-order valence-corrected chi connectivity index (χ3v) is 5.87. The number of sulfone groups is 1. The fourth-order valence-corrected chi connectivity index (χ4v) is 4.17. The van der Waals surface area contributed by atoms with Gasteiger partial charge in [0.2, 0.25) is 0 Å². The molecule has 0 aliphatic carbocycles. The standard InChI is InChI=1S/C22H19N5O3S/c1-31(29,30)20-5-3-2-4-19(20)27(22(28)17-11-24-14-25-12-17)13-15-6-7-16-8-9-21(23)26-18(16)10-15/h2-12,14H,13H2,1H3,(H2,23,26). The van der Waals surface area contributed by atoms with Crippen molar-refractivity contribution in [1.82, 2.24) is 15.0 Å². The van der Waals surface area contributed by atoms with Crippen LogP contribution < -0.4 is 10.6 Å². The molecule has 4 rings (SSSR count). The van der Waals surface area contributed by atoms with Crippen LogP contribution in [0.25, 0.3) is 10.9 Å². The number of fused-ring (bicyclic) bond motifs is 1. The second-order valence-corrected chi connectivity index (χ2v) is 9.01. The number of amides is 1. The first-order valence-corrected chi connectivity index (χ1v) is 11.2. The Morgan fingerprint density at radius 3 is 2.48 bits per heavy atom. The quantitative estimate of drug-likeness (QED) is 0.514. The zero-order chi connectivity index (χ0) is 22.0. The normalized spacial score (nSPS) is 11.4. The molecule has 2 aromatic heterocycles. The highest BCUT2D eigenvalue weighted by Crippen LogP contribution is 2.28. The first-order valence-electron chi connectivity index (χ1n) is 9.34. The van der Waals surface area contributed by atoms with Gasteiger partial charge in [0, 0.05) is 24.0 Å². The monoisotopic (exact) mass is 433 g/mol. The summed E-state index contributed by atoms with van der Waals surface area (Å²) in [5.41, 5.74) is 7.77. The Labute approximate surface area is 179 Å². The number of carbonyl (C=O) groups is 1. The molecule has 31 heavy (non-hydrogen) atoms.